The Morgan fingerprint density at radius 2 is 1.50 bits per heavy atom. The number of hydrogen-bond donors (Lipinski definition) is 0. The van der Waals surface area contributed by atoms with Gasteiger partial charge in [-0.05, 0) is 36.4 Å². The number of sulfonamides is 1. The molecule has 0 saturated heterocycles. The molecule has 28 heavy (non-hydrogen) atoms. The highest BCUT2D eigenvalue weighted by Gasteiger charge is 2.11. The van der Waals surface area contributed by atoms with E-state index in [1.807, 2.05) is 18.2 Å². The van der Waals surface area contributed by atoms with E-state index in [4.69, 9.17) is 9.22 Å². The van der Waals surface area contributed by atoms with Crippen molar-refractivity contribution >= 4 is 34.7 Å². The Hall–Kier alpha value is -2.88. The van der Waals surface area contributed by atoms with Crippen LogP contribution in [0.15, 0.2) is 86.5 Å². The molecule has 144 valence electrons. The van der Waals surface area contributed by atoms with E-state index < -0.39 is 10.0 Å². The van der Waals surface area contributed by atoms with Gasteiger partial charge in [0, 0.05) is 7.05 Å². The van der Waals surface area contributed by atoms with Crippen LogP contribution in [-0.4, -0.2) is 25.4 Å². The molecule has 0 N–H and O–H groups in total. The smallest absolute Gasteiger partial charge is 0.282 e. The van der Waals surface area contributed by atoms with E-state index in [-0.39, 0.29) is 4.90 Å². The van der Waals surface area contributed by atoms with E-state index in [1.54, 1.807) is 60.3 Å². The van der Waals surface area contributed by atoms with Crippen LogP contribution < -0.4 is 4.89 Å². The Morgan fingerprint density at radius 1 is 0.893 bits per heavy atom. The molecule has 0 bridgehead atoms. The lowest BCUT2D eigenvalue weighted by Crippen LogP contribution is -2.02. The third-order valence-corrected chi connectivity index (χ3v) is 5.27. The standard InChI is InChI=1S/C19H17N3O4S2/c1-22-16(14-20-27-26-25-18-8-4-2-5-9-18)12-13-17(22)15-21-28(23,24)19-10-6-3-7-11-19/h2-15H,1H3/b20-14?,21-15+. The van der Waals surface area contributed by atoms with Gasteiger partial charge in [-0.3, -0.25) is 0 Å². The van der Waals surface area contributed by atoms with Crippen molar-refractivity contribution in [3.8, 4) is 5.75 Å². The molecule has 0 spiro atoms. The summed E-state index contributed by atoms with van der Waals surface area (Å²) in [6, 6.07) is 20.7. The summed E-state index contributed by atoms with van der Waals surface area (Å²) in [5, 5.41) is 0. The zero-order chi connectivity index (χ0) is 19.8. The summed E-state index contributed by atoms with van der Waals surface area (Å²) in [6.07, 6.45) is 2.88. The summed E-state index contributed by atoms with van der Waals surface area (Å²) in [4.78, 5) is 5.20. The van der Waals surface area contributed by atoms with Crippen LogP contribution >= 0.6 is 12.2 Å². The largest absolute Gasteiger partial charge is 0.342 e. The van der Waals surface area contributed by atoms with Gasteiger partial charge in [-0.25, -0.2) is 0 Å². The molecular formula is C19H17N3O4S2. The van der Waals surface area contributed by atoms with Gasteiger partial charge in [-0.15, -0.1) is 0 Å². The van der Waals surface area contributed by atoms with Crippen molar-refractivity contribution in [3.05, 3.63) is 84.2 Å². The number of rotatable bonds is 8. The Labute approximate surface area is 167 Å². The molecule has 9 heteroatoms. The second kappa shape index (κ2) is 9.36. The third-order valence-electron chi connectivity index (χ3n) is 3.70. The van der Waals surface area contributed by atoms with Crippen molar-refractivity contribution < 1.29 is 17.6 Å². The van der Waals surface area contributed by atoms with Crippen molar-refractivity contribution in [1.82, 2.24) is 4.57 Å². The fourth-order valence-electron chi connectivity index (χ4n) is 2.20. The lowest BCUT2D eigenvalue weighted by molar-refractivity contribution is -0.0776. The normalized spacial score (nSPS) is 12.0. The van der Waals surface area contributed by atoms with Gasteiger partial charge >= 0.3 is 0 Å². The maximum atomic E-state index is 12.2. The second-order valence-electron chi connectivity index (χ2n) is 5.54. The lowest BCUT2D eigenvalue weighted by Gasteiger charge is -2.01. The first-order valence-corrected chi connectivity index (χ1v) is 10.3. The summed E-state index contributed by atoms with van der Waals surface area (Å²) >= 11 is 0.780. The number of nitrogens with zero attached hydrogens (tertiary/aromatic N) is 3. The van der Waals surface area contributed by atoms with E-state index in [2.05, 4.69) is 8.80 Å². The van der Waals surface area contributed by atoms with Gasteiger partial charge in [-0.2, -0.15) is 17.2 Å². The lowest BCUT2D eigenvalue weighted by atomic mass is 10.3. The highest BCUT2D eigenvalue weighted by Crippen LogP contribution is 2.14. The molecule has 0 unspecified atom stereocenters. The Kier molecular flexibility index (Phi) is 6.64. The van der Waals surface area contributed by atoms with Gasteiger partial charge < -0.3 is 9.45 Å². The minimum atomic E-state index is -3.73. The van der Waals surface area contributed by atoms with E-state index in [0.29, 0.717) is 11.4 Å². The van der Waals surface area contributed by atoms with E-state index in [9.17, 15) is 8.42 Å². The number of benzene rings is 2. The summed E-state index contributed by atoms with van der Waals surface area (Å²) in [5.74, 6) is 0.571. The predicted octanol–water partition coefficient (Wildman–Crippen LogP) is 3.83. The molecule has 1 heterocycles. The minimum absolute atomic E-state index is 0.147. The van der Waals surface area contributed by atoms with Crippen LogP contribution in [0, 0.1) is 0 Å². The van der Waals surface area contributed by atoms with Crippen LogP contribution in [0.4, 0.5) is 0 Å². The SMILES string of the molecule is Cn1c(C=NSOOc2ccccc2)ccc1/C=N/S(=O)(=O)c1ccccc1. The van der Waals surface area contributed by atoms with Crippen LogP contribution in [0.3, 0.4) is 0 Å². The molecule has 0 radical (unpaired) electrons. The second-order valence-corrected chi connectivity index (χ2v) is 7.67. The van der Waals surface area contributed by atoms with Crippen LogP contribution in [0.5, 0.6) is 5.75 Å². The summed E-state index contributed by atoms with van der Waals surface area (Å²) in [7, 11) is -1.95. The first-order valence-electron chi connectivity index (χ1n) is 8.16. The fourth-order valence-corrected chi connectivity index (χ4v) is 3.37. The van der Waals surface area contributed by atoms with Crippen LogP contribution in [-0.2, 0) is 21.4 Å². The van der Waals surface area contributed by atoms with Crippen LogP contribution in [0.25, 0.3) is 0 Å². The van der Waals surface area contributed by atoms with E-state index in [1.165, 1.54) is 18.3 Å². The van der Waals surface area contributed by atoms with Crippen LogP contribution in [0.1, 0.15) is 11.4 Å². The van der Waals surface area contributed by atoms with Crippen molar-refractivity contribution in [3.63, 3.8) is 0 Å². The first kappa shape index (κ1) is 19.9. The topological polar surface area (TPSA) is 82.2 Å². The minimum Gasteiger partial charge on any atom is -0.342 e. The molecule has 0 saturated carbocycles. The van der Waals surface area contributed by atoms with Crippen molar-refractivity contribution in [1.29, 1.82) is 0 Å². The Balaban J connectivity index is 1.59. The summed E-state index contributed by atoms with van der Waals surface area (Å²) in [6.45, 7) is 0. The number of aromatic nitrogens is 1. The van der Waals surface area contributed by atoms with Gasteiger partial charge in [-0.1, -0.05) is 40.7 Å². The third kappa shape index (κ3) is 5.32. The molecule has 2 aromatic carbocycles. The van der Waals surface area contributed by atoms with E-state index in [0.717, 1.165) is 17.9 Å². The molecule has 3 rings (SSSR count). The molecular weight excluding hydrogens is 398 g/mol. The van der Waals surface area contributed by atoms with Gasteiger partial charge in [0.15, 0.2) is 18.0 Å². The monoisotopic (exact) mass is 415 g/mol. The van der Waals surface area contributed by atoms with Gasteiger partial charge in [0.1, 0.15) is 0 Å². The molecule has 0 amide bonds. The highest BCUT2D eigenvalue weighted by atomic mass is 32.2. The Bertz CT molecular complexity index is 1060. The molecule has 7 nitrogen and oxygen atoms in total. The maximum absolute atomic E-state index is 12.2. The summed E-state index contributed by atoms with van der Waals surface area (Å²) < 4.78 is 38.9. The van der Waals surface area contributed by atoms with Gasteiger partial charge in [0.05, 0.1) is 28.7 Å². The zero-order valence-corrected chi connectivity index (χ0v) is 16.5. The predicted molar refractivity (Wildman–Crippen MR) is 110 cm³/mol. The van der Waals surface area contributed by atoms with Crippen molar-refractivity contribution in [2.24, 2.45) is 15.8 Å². The van der Waals surface area contributed by atoms with E-state index >= 15 is 0 Å². The molecule has 0 fully saturated rings. The number of para-hydroxylation sites is 1. The van der Waals surface area contributed by atoms with Gasteiger partial charge in [0.25, 0.3) is 10.0 Å². The first-order chi connectivity index (χ1) is 13.6. The molecule has 1 aromatic heterocycles. The van der Waals surface area contributed by atoms with Crippen molar-refractivity contribution in [2.75, 3.05) is 0 Å². The average molecular weight is 415 g/mol. The maximum Gasteiger partial charge on any atom is 0.282 e. The quantitative estimate of drug-likeness (QED) is 0.139. The average Bonchev–Trinajstić information content (AvgIpc) is 3.07. The molecule has 0 aliphatic carbocycles. The van der Waals surface area contributed by atoms with Gasteiger partial charge in [0.2, 0.25) is 0 Å². The molecule has 0 atom stereocenters. The number of hydrogen-bond acceptors (Lipinski definition) is 6. The van der Waals surface area contributed by atoms with Crippen LogP contribution in [0.2, 0.25) is 0 Å². The summed E-state index contributed by atoms with van der Waals surface area (Å²) in [5.41, 5.74) is 1.36. The van der Waals surface area contributed by atoms with Crippen molar-refractivity contribution in [2.45, 2.75) is 4.90 Å². The molecule has 0 aliphatic heterocycles. The molecule has 0 aliphatic rings. The zero-order valence-electron chi connectivity index (χ0n) is 14.9. The fraction of sp³-hybridized carbons (Fsp3) is 0.0526. The highest BCUT2D eigenvalue weighted by molar-refractivity contribution is 7.93. The Morgan fingerprint density at radius 3 is 2.18 bits per heavy atom. The molecule has 3 aromatic rings.